The molecule has 21 heavy (non-hydrogen) atoms. The lowest BCUT2D eigenvalue weighted by Crippen LogP contribution is -2.08. The molecule has 3 aromatic rings. The number of benzene rings is 1. The largest absolute Gasteiger partial charge is 0.455 e. The maximum atomic E-state index is 11.9. The number of ether oxygens (including phenoxy) is 1. The maximum Gasteiger partial charge on any atom is 0.340 e. The molecule has 0 saturated heterocycles. The van der Waals surface area contributed by atoms with Gasteiger partial charge >= 0.3 is 5.97 Å². The van der Waals surface area contributed by atoms with E-state index in [0.29, 0.717) is 11.3 Å². The summed E-state index contributed by atoms with van der Waals surface area (Å²) < 4.78 is 5.26. The molecule has 0 spiro atoms. The number of hydrogen-bond donors (Lipinski definition) is 0. The number of para-hydroxylation sites is 2. The van der Waals surface area contributed by atoms with Crippen molar-refractivity contribution in [1.82, 2.24) is 15.0 Å². The third kappa shape index (κ3) is 2.86. The van der Waals surface area contributed by atoms with Crippen molar-refractivity contribution in [3.63, 3.8) is 0 Å². The van der Waals surface area contributed by atoms with E-state index in [0.717, 1.165) is 16.7 Å². The molecular formula is C16H13N3O2. The second-order valence-corrected chi connectivity index (χ2v) is 4.56. The average Bonchev–Trinajstić information content (AvgIpc) is 2.53. The molecule has 0 N–H and O–H groups in total. The van der Waals surface area contributed by atoms with Crippen molar-refractivity contribution in [2.24, 2.45) is 0 Å². The second-order valence-electron chi connectivity index (χ2n) is 4.56. The molecular weight excluding hydrogens is 266 g/mol. The molecule has 0 saturated carbocycles. The van der Waals surface area contributed by atoms with E-state index in [1.165, 1.54) is 6.20 Å². The standard InChI is InChI=1S/C16H13N3O2/c1-11-15(19-14-7-3-2-6-13(14)18-11)10-21-16(20)12-5-4-8-17-9-12/h2-9H,10H2,1H3. The van der Waals surface area contributed by atoms with E-state index in [1.807, 2.05) is 31.2 Å². The summed E-state index contributed by atoms with van der Waals surface area (Å²) in [5.74, 6) is -0.419. The van der Waals surface area contributed by atoms with E-state index in [4.69, 9.17) is 4.74 Å². The fraction of sp³-hybridized carbons (Fsp3) is 0.125. The van der Waals surface area contributed by atoms with Gasteiger partial charge in [0.2, 0.25) is 0 Å². The van der Waals surface area contributed by atoms with Crippen molar-refractivity contribution < 1.29 is 9.53 Å². The summed E-state index contributed by atoms with van der Waals surface area (Å²) in [5, 5.41) is 0. The van der Waals surface area contributed by atoms with Crippen LogP contribution >= 0.6 is 0 Å². The molecule has 0 aliphatic carbocycles. The van der Waals surface area contributed by atoms with Crippen molar-refractivity contribution >= 4 is 17.0 Å². The Labute approximate surface area is 121 Å². The van der Waals surface area contributed by atoms with Crippen LogP contribution in [0.15, 0.2) is 48.8 Å². The summed E-state index contributed by atoms with van der Waals surface area (Å²) >= 11 is 0. The molecule has 0 aliphatic rings. The van der Waals surface area contributed by atoms with Gasteiger partial charge in [-0.1, -0.05) is 12.1 Å². The van der Waals surface area contributed by atoms with Gasteiger partial charge in [-0.2, -0.15) is 0 Å². The molecule has 0 fully saturated rings. The molecule has 2 heterocycles. The van der Waals surface area contributed by atoms with Gasteiger partial charge in [-0.3, -0.25) is 4.98 Å². The number of fused-ring (bicyclic) bond motifs is 1. The predicted molar refractivity (Wildman–Crippen MR) is 77.6 cm³/mol. The van der Waals surface area contributed by atoms with Crippen molar-refractivity contribution in [3.8, 4) is 0 Å². The van der Waals surface area contributed by atoms with Crippen LogP contribution in [0.5, 0.6) is 0 Å². The number of nitrogens with zero attached hydrogens (tertiary/aromatic N) is 3. The Morgan fingerprint density at radius 3 is 2.57 bits per heavy atom. The molecule has 5 nitrogen and oxygen atoms in total. The van der Waals surface area contributed by atoms with Gasteiger partial charge in [-0.05, 0) is 31.2 Å². The fourth-order valence-electron chi connectivity index (χ4n) is 1.96. The van der Waals surface area contributed by atoms with Gasteiger partial charge in [0, 0.05) is 12.4 Å². The number of hydrogen-bond acceptors (Lipinski definition) is 5. The maximum absolute atomic E-state index is 11.9. The highest BCUT2D eigenvalue weighted by atomic mass is 16.5. The molecule has 0 aliphatic heterocycles. The average molecular weight is 279 g/mol. The van der Waals surface area contributed by atoms with E-state index in [-0.39, 0.29) is 6.61 Å². The lowest BCUT2D eigenvalue weighted by Gasteiger charge is -2.07. The first-order valence-corrected chi connectivity index (χ1v) is 6.53. The lowest BCUT2D eigenvalue weighted by molar-refractivity contribution is 0.0466. The zero-order chi connectivity index (χ0) is 14.7. The summed E-state index contributed by atoms with van der Waals surface area (Å²) in [4.78, 5) is 24.7. The van der Waals surface area contributed by atoms with Crippen LogP contribution in [0.1, 0.15) is 21.7 Å². The van der Waals surface area contributed by atoms with Gasteiger partial charge in [0.05, 0.1) is 28.0 Å². The highest BCUT2D eigenvalue weighted by Gasteiger charge is 2.10. The Hall–Kier alpha value is -2.82. The highest BCUT2D eigenvalue weighted by molar-refractivity contribution is 5.88. The Bertz CT molecular complexity index is 788. The molecule has 2 aromatic heterocycles. The first kappa shape index (κ1) is 13.2. The molecule has 0 unspecified atom stereocenters. The van der Waals surface area contributed by atoms with Crippen LogP contribution in [-0.4, -0.2) is 20.9 Å². The highest BCUT2D eigenvalue weighted by Crippen LogP contribution is 2.13. The number of aryl methyl sites for hydroxylation is 1. The van der Waals surface area contributed by atoms with Crippen LogP contribution in [0, 0.1) is 6.92 Å². The summed E-state index contributed by atoms with van der Waals surface area (Å²) in [6.45, 7) is 1.95. The molecule has 104 valence electrons. The number of rotatable bonds is 3. The van der Waals surface area contributed by atoms with Gasteiger partial charge in [0.1, 0.15) is 6.61 Å². The quantitative estimate of drug-likeness (QED) is 0.690. The Balaban J connectivity index is 1.79. The molecule has 5 heteroatoms. The predicted octanol–water partition coefficient (Wildman–Crippen LogP) is 2.69. The SMILES string of the molecule is Cc1nc2ccccc2nc1COC(=O)c1cccnc1. The second kappa shape index (κ2) is 5.66. The summed E-state index contributed by atoms with van der Waals surface area (Å²) in [7, 11) is 0. The van der Waals surface area contributed by atoms with Gasteiger partial charge in [0.15, 0.2) is 0 Å². The van der Waals surface area contributed by atoms with Crippen molar-refractivity contribution in [2.45, 2.75) is 13.5 Å². The minimum atomic E-state index is -0.419. The van der Waals surface area contributed by atoms with E-state index in [9.17, 15) is 4.79 Å². The van der Waals surface area contributed by atoms with Crippen LogP contribution < -0.4 is 0 Å². The first-order chi connectivity index (χ1) is 10.2. The topological polar surface area (TPSA) is 65.0 Å². The number of pyridine rings is 1. The van der Waals surface area contributed by atoms with Gasteiger partial charge in [-0.25, -0.2) is 14.8 Å². The molecule has 0 amide bonds. The number of esters is 1. The summed E-state index contributed by atoms with van der Waals surface area (Å²) in [5.41, 5.74) is 3.45. The molecule has 3 rings (SSSR count). The van der Waals surface area contributed by atoms with Crippen LogP contribution in [-0.2, 0) is 11.3 Å². The first-order valence-electron chi connectivity index (χ1n) is 6.53. The van der Waals surface area contributed by atoms with E-state index in [2.05, 4.69) is 15.0 Å². The van der Waals surface area contributed by atoms with Crippen molar-refractivity contribution in [3.05, 3.63) is 65.7 Å². The Morgan fingerprint density at radius 1 is 1.10 bits per heavy atom. The fourth-order valence-corrected chi connectivity index (χ4v) is 1.96. The van der Waals surface area contributed by atoms with Gasteiger partial charge < -0.3 is 4.74 Å². The molecule has 0 atom stereocenters. The van der Waals surface area contributed by atoms with E-state index in [1.54, 1.807) is 18.3 Å². The lowest BCUT2D eigenvalue weighted by atomic mass is 10.2. The minimum absolute atomic E-state index is 0.0946. The number of aromatic nitrogens is 3. The third-order valence-corrected chi connectivity index (χ3v) is 3.08. The van der Waals surface area contributed by atoms with Crippen LogP contribution in [0.2, 0.25) is 0 Å². The zero-order valence-electron chi connectivity index (χ0n) is 11.5. The number of carbonyl (C=O) groups is 1. The normalized spacial score (nSPS) is 10.5. The summed E-state index contributed by atoms with van der Waals surface area (Å²) in [6, 6.07) is 11.0. The van der Waals surface area contributed by atoms with E-state index < -0.39 is 5.97 Å². The van der Waals surface area contributed by atoms with Crippen molar-refractivity contribution in [1.29, 1.82) is 0 Å². The van der Waals surface area contributed by atoms with Crippen molar-refractivity contribution in [2.75, 3.05) is 0 Å². The monoisotopic (exact) mass is 279 g/mol. The number of carbonyl (C=O) groups excluding carboxylic acids is 1. The smallest absolute Gasteiger partial charge is 0.340 e. The summed E-state index contributed by atoms with van der Waals surface area (Å²) in [6.07, 6.45) is 3.08. The molecule has 0 radical (unpaired) electrons. The van der Waals surface area contributed by atoms with Crippen LogP contribution in [0.3, 0.4) is 0 Å². The van der Waals surface area contributed by atoms with Crippen LogP contribution in [0.25, 0.3) is 11.0 Å². The minimum Gasteiger partial charge on any atom is -0.455 e. The Kier molecular flexibility index (Phi) is 3.55. The van der Waals surface area contributed by atoms with E-state index >= 15 is 0 Å². The zero-order valence-corrected chi connectivity index (χ0v) is 11.5. The van der Waals surface area contributed by atoms with Crippen LogP contribution in [0.4, 0.5) is 0 Å². The molecule has 1 aromatic carbocycles. The Morgan fingerprint density at radius 2 is 1.86 bits per heavy atom. The van der Waals surface area contributed by atoms with Gasteiger partial charge in [0.25, 0.3) is 0 Å². The molecule has 0 bridgehead atoms. The van der Waals surface area contributed by atoms with Gasteiger partial charge in [-0.15, -0.1) is 0 Å². The third-order valence-electron chi connectivity index (χ3n) is 3.08.